The number of urea groups is 1. The third-order valence-corrected chi connectivity index (χ3v) is 4.87. The van der Waals surface area contributed by atoms with Crippen LogP contribution in [-0.4, -0.2) is 19.6 Å². The lowest BCUT2D eigenvalue weighted by Gasteiger charge is -2.41. The maximum absolute atomic E-state index is 12.0. The Hall–Kier alpha value is -1.55. The van der Waals surface area contributed by atoms with Crippen LogP contribution in [0.3, 0.4) is 0 Å². The number of hydrogen-bond acceptors (Lipinski definition) is 2. The number of carbonyl (C=O) groups is 1. The second-order valence-corrected chi connectivity index (χ2v) is 6.15. The fourth-order valence-electron chi connectivity index (χ4n) is 2.83. The minimum absolute atomic E-state index is 0.107. The van der Waals surface area contributed by atoms with Gasteiger partial charge < -0.3 is 16.0 Å². The molecule has 1 fully saturated rings. The number of anilines is 1. The highest BCUT2D eigenvalue weighted by atomic mass is 16.2. The van der Waals surface area contributed by atoms with Crippen molar-refractivity contribution in [1.29, 1.82) is 0 Å². The Kier molecular flexibility index (Phi) is 5.23. The largest absolute Gasteiger partial charge is 0.337 e. The van der Waals surface area contributed by atoms with E-state index in [0.29, 0.717) is 5.41 Å². The summed E-state index contributed by atoms with van der Waals surface area (Å²) in [5.41, 5.74) is 2.35. The molecule has 1 aromatic carbocycles. The molecule has 21 heavy (non-hydrogen) atoms. The molecule has 1 saturated carbocycles. The summed E-state index contributed by atoms with van der Waals surface area (Å²) < 4.78 is 0. The van der Waals surface area contributed by atoms with Crippen molar-refractivity contribution < 1.29 is 4.79 Å². The molecule has 0 saturated heterocycles. The number of carbonyl (C=O) groups excluding carboxylic acids is 1. The molecule has 0 bridgehead atoms. The summed E-state index contributed by atoms with van der Waals surface area (Å²) in [7, 11) is 1.93. The molecule has 0 spiro atoms. The van der Waals surface area contributed by atoms with E-state index in [9.17, 15) is 4.79 Å². The van der Waals surface area contributed by atoms with Crippen LogP contribution >= 0.6 is 0 Å². The molecule has 1 aliphatic carbocycles. The summed E-state index contributed by atoms with van der Waals surface area (Å²) in [5.74, 6) is 0. The summed E-state index contributed by atoms with van der Waals surface area (Å²) in [6.45, 7) is 5.09. The molecule has 1 atom stereocenters. The zero-order valence-electron chi connectivity index (χ0n) is 13.3. The first-order valence-electron chi connectivity index (χ1n) is 7.91. The van der Waals surface area contributed by atoms with Gasteiger partial charge in [0.2, 0.25) is 0 Å². The maximum atomic E-state index is 12.0. The van der Waals surface area contributed by atoms with Crippen LogP contribution in [0.4, 0.5) is 10.5 Å². The van der Waals surface area contributed by atoms with E-state index in [4.69, 9.17) is 0 Å². The smallest absolute Gasteiger partial charge is 0.319 e. The summed E-state index contributed by atoms with van der Waals surface area (Å²) in [6, 6.07) is 8.13. The standard InChI is InChI=1S/C17H27N3O/c1-4-17(9-6-10-17)12-19-16(21)20-15-8-5-7-14(11-15)13(2)18-3/h5,7-8,11,13,18H,4,6,9-10,12H2,1-3H3,(H2,19,20,21). The molecule has 0 heterocycles. The van der Waals surface area contributed by atoms with Crippen molar-refractivity contribution in [3.63, 3.8) is 0 Å². The monoisotopic (exact) mass is 289 g/mol. The minimum atomic E-state index is -0.107. The number of benzene rings is 1. The molecule has 1 aliphatic rings. The molecule has 0 radical (unpaired) electrons. The Labute approximate surface area is 127 Å². The molecular weight excluding hydrogens is 262 g/mol. The van der Waals surface area contributed by atoms with Crippen LogP contribution in [0.5, 0.6) is 0 Å². The van der Waals surface area contributed by atoms with Gasteiger partial charge >= 0.3 is 6.03 Å². The molecule has 0 aliphatic heterocycles. The van der Waals surface area contributed by atoms with Crippen molar-refractivity contribution in [3.8, 4) is 0 Å². The Morgan fingerprint density at radius 3 is 2.71 bits per heavy atom. The Morgan fingerprint density at radius 2 is 2.14 bits per heavy atom. The highest BCUT2D eigenvalue weighted by Crippen LogP contribution is 2.43. The molecule has 116 valence electrons. The lowest BCUT2D eigenvalue weighted by molar-refractivity contribution is 0.127. The molecule has 1 aromatic rings. The molecule has 2 rings (SSSR count). The lowest BCUT2D eigenvalue weighted by Crippen LogP contribution is -2.43. The fraction of sp³-hybridized carbons (Fsp3) is 0.588. The predicted octanol–water partition coefficient (Wildman–Crippen LogP) is 3.67. The second kappa shape index (κ2) is 6.94. The van der Waals surface area contributed by atoms with Crippen molar-refractivity contribution in [1.82, 2.24) is 10.6 Å². The third kappa shape index (κ3) is 3.97. The van der Waals surface area contributed by atoms with Crippen molar-refractivity contribution in [3.05, 3.63) is 29.8 Å². The highest BCUT2D eigenvalue weighted by Gasteiger charge is 2.35. The molecule has 4 heteroatoms. The SMILES string of the molecule is CCC1(CNC(=O)Nc2cccc(C(C)NC)c2)CCC1. The van der Waals surface area contributed by atoms with E-state index >= 15 is 0 Å². The summed E-state index contributed by atoms with van der Waals surface area (Å²) in [6.07, 6.45) is 4.90. The van der Waals surface area contributed by atoms with Crippen molar-refractivity contribution >= 4 is 11.7 Å². The van der Waals surface area contributed by atoms with E-state index in [1.54, 1.807) is 0 Å². The maximum Gasteiger partial charge on any atom is 0.319 e. The number of amides is 2. The Bertz CT molecular complexity index is 477. The van der Waals surface area contributed by atoms with Gasteiger partial charge in [0.15, 0.2) is 0 Å². The number of hydrogen-bond donors (Lipinski definition) is 3. The Morgan fingerprint density at radius 1 is 1.38 bits per heavy atom. The van der Waals surface area contributed by atoms with Crippen molar-refractivity contribution in [2.45, 2.75) is 45.6 Å². The minimum Gasteiger partial charge on any atom is -0.337 e. The fourth-order valence-corrected chi connectivity index (χ4v) is 2.83. The zero-order valence-corrected chi connectivity index (χ0v) is 13.3. The van der Waals surface area contributed by atoms with Gasteiger partial charge in [0, 0.05) is 18.3 Å². The summed E-state index contributed by atoms with van der Waals surface area (Å²) >= 11 is 0. The zero-order chi connectivity index (χ0) is 15.3. The molecular formula is C17H27N3O. The van der Waals surface area contributed by atoms with Crippen LogP contribution in [-0.2, 0) is 0 Å². The number of nitrogens with one attached hydrogen (secondary N) is 3. The predicted molar refractivity (Wildman–Crippen MR) is 87.5 cm³/mol. The van der Waals surface area contributed by atoms with Crippen molar-refractivity contribution in [2.75, 3.05) is 18.9 Å². The molecule has 3 N–H and O–H groups in total. The van der Waals surface area contributed by atoms with Gasteiger partial charge in [-0.25, -0.2) is 4.79 Å². The van der Waals surface area contributed by atoms with E-state index in [1.165, 1.54) is 24.8 Å². The summed E-state index contributed by atoms with van der Waals surface area (Å²) in [5, 5.41) is 9.15. The first-order valence-corrected chi connectivity index (χ1v) is 7.91. The summed E-state index contributed by atoms with van der Waals surface area (Å²) in [4.78, 5) is 12.0. The first kappa shape index (κ1) is 15.8. The van der Waals surface area contributed by atoms with Gasteiger partial charge in [0.25, 0.3) is 0 Å². The third-order valence-electron chi connectivity index (χ3n) is 4.87. The average Bonchev–Trinajstić information content (AvgIpc) is 2.46. The van der Waals surface area contributed by atoms with Gasteiger partial charge in [-0.15, -0.1) is 0 Å². The van der Waals surface area contributed by atoms with E-state index in [2.05, 4.69) is 35.9 Å². The average molecular weight is 289 g/mol. The van der Waals surface area contributed by atoms with Crippen LogP contribution < -0.4 is 16.0 Å². The highest BCUT2D eigenvalue weighted by molar-refractivity contribution is 5.89. The quantitative estimate of drug-likeness (QED) is 0.748. The van der Waals surface area contributed by atoms with Crippen molar-refractivity contribution in [2.24, 2.45) is 5.41 Å². The van der Waals surface area contributed by atoms with Gasteiger partial charge in [-0.3, -0.25) is 0 Å². The molecule has 0 aromatic heterocycles. The van der Waals surface area contributed by atoms with Gasteiger partial charge in [-0.1, -0.05) is 25.5 Å². The van der Waals surface area contributed by atoms with E-state index < -0.39 is 0 Å². The van der Waals surface area contributed by atoms with Crippen LogP contribution in [0.1, 0.15) is 51.1 Å². The molecule has 1 unspecified atom stereocenters. The molecule has 2 amide bonds. The van der Waals surface area contributed by atoms with E-state index in [0.717, 1.165) is 18.7 Å². The van der Waals surface area contributed by atoms with Gasteiger partial charge in [-0.05, 0) is 56.3 Å². The lowest BCUT2D eigenvalue weighted by atomic mass is 9.67. The normalized spacial score (nSPS) is 17.7. The van der Waals surface area contributed by atoms with Gasteiger partial charge in [0.05, 0.1) is 0 Å². The van der Waals surface area contributed by atoms with Crippen LogP contribution in [0.2, 0.25) is 0 Å². The Balaban J connectivity index is 1.87. The van der Waals surface area contributed by atoms with Gasteiger partial charge in [-0.2, -0.15) is 0 Å². The molecule has 4 nitrogen and oxygen atoms in total. The van der Waals surface area contributed by atoms with Gasteiger partial charge in [0.1, 0.15) is 0 Å². The second-order valence-electron chi connectivity index (χ2n) is 6.15. The first-order chi connectivity index (χ1) is 10.1. The topological polar surface area (TPSA) is 53.2 Å². The number of rotatable bonds is 6. The van der Waals surface area contributed by atoms with Crippen LogP contribution in [0, 0.1) is 5.41 Å². The van der Waals surface area contributed by atoms with E-state index in [1.807, 2.05) is 25.2 Å². The van der Waals surface area contributed by atoms with Crippen LogP contribution in [0.25, 0.3) is 0 Å². The van der Waals surface area contributed by atoms with E-state index in [-0.39, 0.29) is 12.1 Å². The van der Waals surface area contributed by atoms with Crippen LogP contribution in [0.15, 0.2) is 24.3 Å².